The molecule has 4 rings (SSSR count). The van der Waals surface area contributed by atoms with E-state index in [9.17, 15) is 14.7 Å². The predicted molar refractivity (Wildman–Crippen MR) is 70.2 cm³/mol. The second kappa shape index (κ2) is 5.35. The Bertz CT molecular complexity index is 920. The van der Waals surface area contributed by atoms with Crippen LogP contribution in [-0.2, 0) is 0 Å². The molecule has 96 valence electrons. The topological polar surface area (TPSA) is 83.0 Å². The van der Waals surface area contributed by atoms with Gasteiger partial charge in [0.25, 0.3) is 0 Å². The molecule has 1 aliphatic carbocycles. The number of ketones is 2. The summed E-state index contributed by atoms with van der Waals surface area (Å²) in [6.07, 6.45) is 0. The SMILES string of the molecule is O=C1c2ccccc2C(=O)c2c1cc([O-])c1nsnc21.[K+]. The van der Waals surface area contributed by atoms with Crippen molar-refractivity contribution in [2.45, 2.75) is 0 Å². The number of rotatable bonds is 0. The van der Waals surface area contributed by atoms with E-state index in [1.165, 1.54) is 6.07 Å². The molecule has 1 heterocycles. The molecule has 2 aromatic carbocycles. The molecule has 0 aliphatic heterocycles. The predicted octanol–water partition coefficient (Wildman–Crippen LogP) is -1.46. The normalized spacial score (nSPS) is 12.8. The number of hydrogen-bond donors (Lipinski definition) is 0. The van der Waals surface area contributed by atoms with Gasteiger partial charge in [-0.3, -0.25) is 9.59 Å². The van der Waals surface area contributed by atoms with Crippen molar-refractivity contribution >= 4 is 34.3 Å². The summed E-state index contributed by atoms with van der Waals surface area (Å²) in [5.41, 5.74) is 1.36. The number of carbonyl (C=O) groups is 2. The van der Waals surface area contributed by atoms with Crippen molar-refractivity contribution in [3.05, 3.63) is 52.6 Å². The van der Waals surface area contributed by atoms with Crippen LogP contribution >= 0.6 is 11.7 Å². The maximum absolute atomic E-state index is 12.6. The number of hydrogen-bond acceptors (Lipinski definition) is 6. The standard InChI is InChI=1S/C14H6N2O3S.K/c17-9-5-8-10(12-11(9)15-20-16-12)14(19)7-4-2-1-3-6(7)13(8)18;/h1-5,17H;/q;+1/p-1. The van der Waals surface area contributed by atoms with Crippen LogP contribution in [0.1, 0.15) is 31.8 Å². The van der Waals surface area contributed by atoms with E-state index in [2.05, 4.69) is 8.75 Å². The van der Waals surface area contributed by atoms with Gasteiger partial charge in [0.05, 0.1) is 22.8 Å². The van der Waals surface area contributed by atoms with Crippen molar-refractivity contribution in [1.29, 1.82) is 0 Å². The van der Waals surface area contributed by atoms with Crippen molar-refractivity contribution in [3.8, 4) is 5.75 Å². The summed E-state index contributed by atoms with van der Waals surface area (Å²) < 4.78 is 7.90. The van der Waals surface area contributed by atoms with Crippen molar-refractivity contribution < 1.29 is 66.1 Å². The molecule has 1 aromatic heterocycles. The van der Waals surface area contributed by atoms with Crippen LogP contribution in [-0.4, -0.2) is 20.3 Å². The van der Waals surface area contributed by atoms with Gasteiger partial charge >= 0.3 is 51.4 Å². The third kappa shape index (κ3) is 2.04. The number of aromatic nitrogens is 2. The Kier molecular flexibility index (Phi) is 3.81. The maximum atomic E-state index is 12.6. The van der Waals surface area contributed by atoms with E-state index in [1.807, 2.05) is 0 Å². The molecule has 0 radical (unpaired) electrons. The van der Waals surface area contributed by atoms with Crippen molar-refractivity contribution in [2.24, 2.45) is 0 Å². The van der Waals surface area contributed by atoms with E-state index >= 15 is 0 Å². The number of benzene rings is 2. The van der Waals surface area contributed by atoms with Crippen LogP contribution in [0.5, 0.6) is 5.75 Å². The first-order chi connectivity index (χ1) is 9.68. The van der Waals surface area contributed by atoms with Crippen LogP contribution in [0.4, 0.5) is 0 Å². The molecule has 7 heteroatoms. The van der Waals surface area contributed by atoms with Crippen LogP contribution in [0, 0.1) is 0 Å². The molecule has 0 saturated carbocycles. The van der Waals surface area contributed by atoms with Gasteiger partial charge in [0.1, 0.15) is 5.52 Å². The van der Waals surface area contributed by atoms with Crippen LogP contribution in [0.3, 0.4) is 0 Å². The van der Waals surface area contributed by atoms with Crippen LogP contribution in [0.25, 0.3) is 11.0 Å². The summed E-state index contributed by atoms with van der Waals surface area (Å²) in [5.74, 6) is -0.983. The summed E-state index contributed by atoms with van der Waals surface area (Å²) in [6.45, 7) is 0. The van der Waals surface area contributed by atoms with Gasteiger partial charge in [-0.2, -0.15) is 8.75 Å². The summed E-state index contributed by atoms with van der Waals surface area (Å²) in [4.78, 5) is 25.0. The average molecular weight is 320 g/mol. The molecule has 1 aliphatic rings. The molecule has 0 unspecified atom stereocenters. The fourth-order valence-electron chi connectivity index (χ4n) is 2.48. The Morgan fingerprint density at radius 1 is 0.905 bits per heavy atom. The summed E-state index contributed by atoms with van der Waals surface area (Å²) in [6, 6.07) is 7.78. The number of fused-ring (bicyclic) bond motifs is 4. The third-order valence-corrected chi connectivity index (χ3v) is 3.92. The van der Waals surface area contributed by atoms with Gasteiger partial charge in [-0.05, 0) is 0 Å². The summed E-state index contributed by atoms with van der Waals surface area (Å²) in [5, 5.41) is 11.9. The third-order valence-electron chi connectivity index (χ3n) is 3.39. The van der Waals surface area contributed by atoms with Gasteiger partial charge in [0, 0.05) is 16.7 Å². The largest absolute Gasteiger partial charge is 1.00 e. The zero-order valence-electron chi connectivity index (χ0n) is 10.9. The Balaban J connectivity index is 0.00000132. The molecule has 0 bridgehead atoms. The zero-order valence-corrected chi connectivity index (χ0v) is 14.9. The summed E-state index contributed by atoms with van der Waals surface area (Å²) in [7, 11) is 0. The van der Waals surface area contributed by atoms with E-state index in [1.54, 1.807) is 24.3 Å². The molecule has 0 fully saturated rings. The molecule has 0 amide bonds. The van der Waals surface area contributed by atoms with Crippen molar-refractivity contribution in [3.63, 3.8) is 0 Å². The zero-order chi connectivity index (χ0) is 13.9. The minimum absolute atomic E-state index is 0. The monoisotopic (exact) mass is 320 g/mol. The molecule has 5 nitrogen and oxygen atoms in total. The average Bonchev–Trinajstić information content (AvgIpc) is 2.94. The van der Waals surface area contributed by atoms with Gasteiger partial charge in [0.2, 0.25) is 0 Å². The maximum Gasteiger partial charge on any atom is 1.00 e. The fraction of sp³-hybridized carbons (Fsp3) is 0. The Hall–Kier alpha value is -0.964. The van der Waals surface area contributed by atoms with E-state index in [-0.39, 0.29) is 90.9 Å². The Morgan fingerprint density at radius 2 is 1.52 bits per heavy atom. The molecule has 3 aromatic rings. The molecular formula is C14H5KN2O3S. The molecule has 0 N–H and O–H groups in total. The minimum Gasteiger partial charge on any atom is -0.871 e. The second-order valence-electron chi connectivity index (χ2n) is 4.46. The van der Waals surface area contributed by atoms with Crippen molar-refractivity contribution in [1.82, 2.24) is 8.75 Å². The smallest absolute Gasteiger partial charge is 0.871 e. The number of carbonyl (C=O) groups excluding carboxylic acids is 2. The fourth-order valence-corrected chi connectivity index (χ4v) is 3.04. The van der Waals surface area contributed by atoms with Gasteiger partial charge < -0.3 is 5.11 Å². The van der Waals surface area contributed by atoms with E-state index < -0.39 is 0 Å². The van der Waals surface area contributed by atoms with E-state index in [0.29, 0.717) is 11.1 Å². The van der Waals surface area contributed by atoms with Crippen LogP contribution in [0.2, 0.25) is 0 Å². The first-order valence-corrected chi connectivity index (χ1v) is 6.56. The Labute approximate surface area is 165 Å². The molecular weight excluding hydrogens is 315 g/mol. The van der Waals surface area contributed by atoms with Crippen LogP contribution < -0.4 is 56.5 Å². The van der Waals surface area contributed by atoms with Gasteiger partial charge in [0.15, 0.2) is 11.6 Å². The first kappa shape index (κ1) is 15.0. The van der Waals surface area contributed by atoms with Gasteiger partial charge in [-0.1, -0.05) is 36.1 Å². The second-order valence-corrected chi connectivity index (χ2v) is 4.99. The number of nitrogens with zero attached hydrogens (tertiary/aromatic N) is 2. The molecule has 0 spiro atoms. The van der Waals surface area contributed by atoms with Gasteiger partial charge in [-0.25, -0.2) is 0 Å². The van der Waals surface area contributed by atoms with E-state index in [0.717, 1.165) is 11.7 Å². The van der Waals surface area contributed by atoms with Gasteiger partial charge in [-0.15, -0.1) is 0 Å². The Morgan fingerprint density at radius 3 is 2.24 bits per heavy atom. The molecule has 0 saturated heterocycles. The molecule has 21 heavy (non-hydrogen) atoms. The van der Waals surface area contributed by atoms with Crippen LogP contribution in [0.15, 0.2) is 30.3 Å². The van der Waals surface area contributed by atoms with Crippen molar-refractivity contribution in [2.75, 3.05) is 0 Å². The molecule has 0 atom stereocenters. The first-order valence-electron chi connectivity index (χ1n) is 5.83. The van der Waals surface area contributed by atoms with E-state index in [4.69, 9.17) is 0 Å². The minimum atomic E-state index is -0.381. The quantitative estimate of drug-likeness (QED) is 0.370. The summed E-state index contributed by atoms with van der Waals surface area (Å²) >= 11 is 0.861.